The van der Waals surface area contributed by atoms with Crippen LogP contribution in [0.1, 0.15) is 37.8 Å². The molecule has 0 aromatic heterocycles. The maximum Gasteiger partial charge on any atom is 0.225 e. The maximum absolute atomic E-state index is 12.5. The molecule has 0 unspecified atom stereocenters. The fourth-order valence-corrected chi connectivity index (χ4v) is 2.87. The highest BCUT2D eigenvalue weighted by Crippen LogP contribution is 2.22. The SMILES string of the molecule is COc1ccc([C@H](CC(=O)N2CCC[C@@H](N)C2)NC(C)=O)cc1. The van der Waals surface area contributed by atoms with E-state index in [2.05, 4.69) is 5.32 Å². The van der Waals surface area contributed by atoms with Crippen LogP contribution in [0.15, 0.2) is 24.3 Å². The fourth-order valence-electron chi connectivity index (χ4n) is 2.87. The average Bonchev–Trinajstić information content (AvgIpc) is 2.54. The first-order chi connectivity index (χ1) is 11.0. The third kappa shape index (κ3) is 4.96. The number of ether oxygens (including phenoxy) is 1. The third-order valence-electron chi connectivity index (χ3n) is 4.08. The Balaban J connectivity index is 2.08. The van der Waals surface area contributed by atoms with E-state index in [-0.39, 0.29) is 30.3 Å². The summed E-state index contributed by atoms with van der Waals surface area (Å²) in [6, 6.07) is 7.09. The molecule has 1 saturated heterocycles. The second kappa shape index (κ2) is 7.97. The zero-order valence-electron chi connectivity index (χ0n) is 13.7. The lowest BCUT2D eigenvalue weighted by Crippen LogP contribution is -2.46. The summed E-state index contributed by atoms with van der Waals surface area (Å²) in [7, 11) is 1.60. The van der Waals surface area contributed by atoms with Gasteiger partial charge in [-0.15, -0.1) is 0 Å². The van der Waals surface area contributed by atoms with E-state index in [4.69, 9.17) is 10.5 Å². The molecule has 126 valence electrons. The number of amides is 2. The average molecular weight is 319 g/mol. The van der Waals surface area contributed by atoms with Gasteiger partial charge in [0.05, 0.1) is 19.6 Å². The maximum atomic E-state index is 12.5. The lowest BCUT2D eigenvalue weighted by atomic mass is 10.0. The molecule has 0 bridgehead atoms. The molecule has 23 heavy (non-hydrogen) atoms. The van der Waals surface area contributed by atoms with Gasteiger partial charge in [-0.1, -0.05) is 12.1 Å². The molecule has 2 rings (SSSR count). The van der Waals surface area contributed by atoms with Gasteiger partial charge in [-0.05, 0) is 30.5 Å². The highest BCUT2D eigenvalue weighted by Gasteiger charge is 2.25. The number of benzene rings is 1. The molecule has 6 nitrogen and oxygen atoms in total. The summed E-state index contributed by atoms with van der Waals surface area (Å²) in [4.78, 5) is 25.8. The molecule has 1 aromatic carbocycles. The van der Waals surface area contributed by atoms with Crippen LogP contribution < -0.4 is 15.8 Å². The van der Waals surface area contributed by atoms with Crippen LogP contribution in [-0.2, 0) is 9.59 Å². The number of piperidine rings is 1. The molecular weight excluding hydrogens is 294 g/mol. The number of methoxy groups -OCH3 is 1. The topological polar surface area (TPSA) is 84.7 Å². The Bertz CT molecular complexity index is 545. The van der Waals surface area contributed by atoms with Crippen LogP contribution in [0, 0.1) is 0 Å². The van der Waals surface area contributed by atoms with E-state index in [1.54, 1.807) is 12.0 Å². The Morgan fingerprint density at radius 2 is 2.09 bits per heavy atom. The molecule has 1 heterocycles. The van der Waals surface area contributed by atoms with Crippen LogP contribution in [0.25, 0.3) is 0 Å². The Morgan fingerprint density at radius 1 is 1.39 bits per heavy atom. The predicted octanol–water partition coefficient (Wildman–Crippen LogP) is 1.21. The first-order valence-corrected chi connectivity index (χ1v) is 7.94. The molecule has 0 aliphatic carbocycles. The van der Waals surface area contributed by atoms with Gasteiger partial charge in [0.1, 0.15) is 5.75 Å². The molecule has 1 aromatic rings. The number of likely N-dealkylation sites (tertiary alicyclic amines) is 1. The van der Waals surface area contributed by atoms with E-state index in [9.17, 15) is 9.59 Å². The van der Waals surface area contributed by atoms with Gasteiger partial charge in [-0.25, -0.2) is 0 Å². The lowest BCUT2D eigenvalue weighted by molar-refractivity contribution is -0.133. The van der Waals surface area contributed by atoms with Crippen molar-refractivity contribution >= 4 is 11.8 Å². The largest absolute Gasteiger partial charge is 0.497 e. The van der Waals surface area contributed by atoms with E-state index >= 15 is 0 Å². The van der Waals surface area contributed by atoms with Crippen LogP contribution in [0.3, 0.4) is 0 Å². The third-order valence-corrected chi connectivity index (χ3v) is 4.08. The van der Waals surface area contributed by atoms with E-state index in [1.807, 2.05) is 24.3 Å². The van der Waals surface area contributed by atoms with Crippen molar-refractivity contribution in [1.82, 2.24) is 10.2 Å². The number of hydrogen-bond donors (Lipinski definition) is 2. The minimum absolute atomic E-state index is 0.0229. The van der Waals surface area contributed by atoms with E-state index in [1.165, 1.54) is 6.92 Å². The fraction of sp³-hybridized carbons (Fsp3) is 0.529. The molecule has 1 aliphatic rings. The summed E-state index contributed by atoms with van der Waals surface area (Å²) in [6.45, 7) is 2.79. The van der Waals surface area contributed by atoms with Crippen molar-refractivity contribution < 1.29 is 14.3 Å². The Hall–Kier alpha value is -2.08. The number of rotatable bonds is 5. The minimum atomic E-state index is -0.343. The summed E-state index contributed by atoms with van der Waals surface area (Å²) in [5, 5.41) is 2.86. The van der Waals surface area contributed by atoms with Crippen molar-refractivity contribution in [1.29, 1.82) is 0 Å². The first-order valence-electron chi connectivity index (χ1n) is 7.94. The second-order valence-electron chi connectivity index (χ2n) is 5.97. The molecule has 6 heteroatoms. The highest BCUT2D eigenvalue weighted by molar-refractivity contribution is 5.79. The summed E-state index contributed by atoms with van der Waals surface area (Å²) in [5.74, 6) is 0.604. The molecule has 0 saturated carbocycles. The standard InChI is InChI=1S/C17H25N3O3/c1-12(21)19-16(13-5-7-15(23-2)8-6-13)10-17(22)20-9-3-4-14(18)11-20/h5-8,14,16H,3-4,9-11,18H2,1-2H3,(H,19,21)/t14-,16+/m1/s1. The summed E-state index contributed by atoms with van der Waals surface area (Å²) >= 11 is 0. The Labute approximate surface area is 137 Å². The second-order valence-corrected chi connectivity index (χ2v) is 5.97. The molecule has 1 aliphatic heterocycles. The van der Waals surface area contributed by atoms with Crippen molar-refractivity contribution in [3.8, 4) is 5.75 Å². The van der Waals surface area contributed by atoms with Gasteiger partial charge < -0.3 is 20.7 Å². The van der Waals surface area contributed by atoms with Crippen molar-refractivity contribution in [2.24, 2.45) is 5.73 Å². The van der Waals surface area contributed by atoms with Gasteiger partial charge in [-0.2, -0.15) is 0 Å². The van der Waals surface area contributed by atoms with Gasteiger partial charge >= 0.3 is 0 Å². The quantitative estimate of drug-likeness (QED) is 0.854. The number of carbonyl (C=O) groups is 2. The van der Waals surface area contributed by atoms with Crippen LogP contribution in [0.4, 0.5) is 0 Å². The zero-order chi connectivity index (χ0) is 16.8. The zero-order valence-corrected chi connectivity index (χ0v) is 13.7. The molecule has 2 atom stereocenters. The Morgan fingerprint density at radius 3 is 2.65 bits per heavy atom. The number of hydrogen-bond acceptors (Lipinski definition) is 4. The van der Waals surface area contributed by atoms with Crippen LogP contribution >= 0.6 is 0 Å². The lowest BCUT2D eigenvalue weighted by Gasteiger charge is -2.32. The number of nitrogens with two attached hydrogens (primary N) is 1. The molecule has 3 N–H and O–H groups in total. The number of nitrogens with one attached hydrogen (secondary N) is 1. The van der Waals surface area contributed by atoms with Gasteiger partial charge in [0.15, 0.2) is 0 Å². The van der Waals surface area contributed by atoms with Gasteiger partial charge in [-0.3, -0.25) is 9.59 Å². The van der Waals surface area contributed by atoms with Crippen LogP contribution in [-0.4, -0.2) is 43.0 Å². The number of nitrogens with zero attached hydrogens (tertiary/aromatic N) is 1. The molecule has 0 radical (unpaired) electrons. The predicted molar refractivity (Wildman–Crippen MR) is 88.0 cm³/mol. The van der Waals surface area contributed by atoms with Crippen molar-refractivity contribution in [3.63, 3.8) is 0 Å². The van der Waals surface area contributed by atoms with Crippen LogP contribution in [0.5, 0.6) is 5.75 Å². The monoisotopic (exact) mass is 319 g/mol. The first kappa shape index (κ1) is 17.3. The van der Waals surface area contributed by atoms with Gasteiger partial charge in [0, 0.05) is 26.1 Å². The minimum Gasteiger partial charge on any atom is -0.497 e. The summed E-state index contributed by atoms with van der Waals surface area (Å²) in [5.41, 5.74) is 6.82. The van der Waals surface area contributed by atoms with Gasteiger partial charge in [0.2, 0.25) is 11.8 Å². The molecule has 2 amide bonds. The summed E-state index contributed by atoms with van der Waals surface area (Å²) in [6.07, 6.45) is 2.12. The normalized spacial score (nSPS) is 19.1. The Kier molecular flexibility index (Phi) is 5.98. The smallest absolute Gasteiger partial charge is 0.225 e. The van der Waals surface area contributed by atoms with E-state index in [0.29, 0.717) is 6.54 Å². The highest BCUT2D eigenvalue weighted by atomic mass is 16.5. The van der Waals surface area contributed by atoms with Crippen LogP contribution in [0.2, 0.25) is 0 Å². The number of carbonyl (C=O) groups excluding carboxylic acids is 2. The molecule has 1 fully saturated rings. The van der Waals surface area contributed by atoms with E-state index in [0.717, 1.165) is 30.7 Å². The van der Waals surface area contributed by atoms with Crippen molar-refractivity contribution in [2.75, 3.05) is 20.2 Å². The summed E-state index contributed by atoms with van der Waals surface area (Å²) < 4.78 is 5.14. The molecule has 0 spiro atoms. The van der Waals surface area contributed by atoms with Gasteiger partial charge in [0.25, 0.3) is 0 Å². The molecular formula is C17H25N3O3. The van der Waals surface area contributed by atoms with Crippen molar-refractivity contribution in [3.05, 3.63) is 29.8 Å². The van der Waals surface area contributed by atoms with Crippen molar-refractivity contribution in [2.45, 2.75) is 38.3 Å². The van der Waals surface area contributed by atoms with E-state index < -0.39 is 0 Å².